The van der Waals surface area contributed by atoms with Gasteiger partial charge in [0.25, 0.3) is 0 Å². The van der Waals surface area contributed by atoms with E-state index in [4.69, 9.17) is 4.74 Å². The van der Waals surface area contributed by atoms with Crippen LogP contribution >= 0.6 is 11.3 Å². The van der Waals surface area contributed by atoms with Crippen LogP contribution in [0.4, 0.5) is 18.3 Å². The number of nitrogens with zero attached hydrogens (tertiary/aromatic N) is 3. The minimum Gasteiger partial charge on any atom is -0.497 e. The first-order chi connectivity index (χ1) is 12.4. The minimum absolute atomic E-state index is 0.00646. The summed E-state index contributed by atoms with van der Waals surface area (Å²) in [4.78, 5) is 19.1. The van der Waals surface area contributed by atoms with E-state index in [1.54, 1.807) is 16.9 Å². The average Bonchev–Trinajstić information content (AvgIpc) is 3.12. The zero-order valence-corrected chi connectivity index (χ0v) is 14.9. The van der Waals surface area contributed by atoms with Crippen LogP contribution in [0.3, 0.4) is 0 Å². The molecule has 0 spiro atoms. The van der Waals surface area contributed by atoms with Gasteiger partial charge < -0.3 is 14.5 Å². The predicted molar refractivity (Wildman–Crippen MR) is 92.6 cm³/mol. The molecule has 2 heterocycles. The van der Waals surface area contributed by atoms with Gasteiger partial charge >= 0.3 is 6.18 Å². The SMILES string of the molecule is COc1cccc(CC(=O)N2CCN(c3ncc(C(F)(F)F)s3)CC2)c1. The Balaban J connectivity index is 1.56. The summed E-state index contributed by atoms with van der Waals surface area (Å²) < 4.78 is 43.2. The second-order valence-corrected chi connectivity index (χ2v) is 6.91. The normalized spacial score (nSPS) is 15.2. The van der Waals surface area contributed by atoms with Crippen molar-refractivity contribution in [2.24, 2.45) is 0 Å². The van der Waals surface area contributed by atoms with Gasteiger partial charge in [0.05, 0.1) is 19.7 Å². The van der Waals surface area contributed by atoms with Gasteiger partial charge in [0.1, 0.15) is 10.6 Å². The van der Waals surface area contributed by atoms with E-state index < -0.39 is 11.1 Å². The van der Waals surface area contributed by atoms with Crippen LogP contribution in [0.1, 0.15) is 10.4 Å². The van der Waals surface area contributed by atoms with Gasteiger partial charge in [0.15, 0.2) is 5.13 Å². The number of rotatable bonds is 4. The molecule has 2 aromatic rings. The maximum atomic E-state index is 12.7. The molecule has 1 aliphatic heterocycles. The molecule has 0 N–H and O–H groups in total. The first-order valence-corrected chi connectivity index (χ1v) is 8.87. The Labute approximate surface area is 153 Å². The second kappa shape index (κ2) is 7.53. The van der Waals surface area contributed by atoms with E-state index in [1.807, 2.05) is 24.3 Å². The zero-order valence-electron chi connectivity index (χ0n) is 14.1. The number of thiazole rings is 1. The van der Waals surface area contributed by atoms with Crippen molar-refractivity contribution in [3.05, 3.63) is 40.9 Å². The highest BCUT2D eigenvalue weighted by Crippen LogP contribution is 2.36. The maximum absolute atomic E-state index is 12.7. The molecule has 1 amide bonds. The highest BCUT2D eigenvalue weighted by atomic mass is 32.1. The maximum Gasteiger partial charge on any atom is 0.427 e. The van der Waals surface area contributed by atoms with Gasteiger partial charge in [-0.25, -0.2) is 4.98 Å². The highest BCUT2D eigenvalue weighted by molar-refractivity contribution is 7.15. The molecular formula is C17H18F3N3O2S. The number of halogens is 3. The molecule has 3 rings (SSSR count). The molecule has 0 atom stereocenters. The standard InChI is InChI=1S/C17H18F3N3O2S/c1-25-13-4-2-3-12(9-13)10-15(24)22-5-7-23(8-6-22)16-21-11-14(26-16)17(18,19)20/h2-4,9,11H,5-8,10H2,1H3. The van der Waals surface area contributed by atoms with Crippen LogP contribution in [-0.2, 0) is 17.4 Å². The zero-order chi connectivity index (χ0) is 18.7. The lowest BCUT2D eigenvalue weighted by Gasteiger charge is -2.34. The van der Waals surface area contributed by atoms with Crippen molar-refractivity contribution < 1.29 is 22.7 Å². The Morgan fingerprint density at radius 3 is 2.62 bits per heavy atom. The fourth-order valence-electron chi connectivity index (χ4n) is 2.76. The Bertz CT molecular complexity index is 771. The molecule has 9 heteroatoms. The van der Waals surface area contributed by atoms with Crippen LogP contribution < -0.4 is 9.64 Å². The van der Waals surface area contributed by atoms with Gasteiger partial charge in [0, 0.05) is 26.2 Å². The first-order valence-electron chi connectivity index (χ1n) is 8.05. The summed E-state index contributed by atoms with van der Waals surface area (Å²) in [7, 11) is 1.57. The van der Waals surface area contributed by atoms with Crippen molar-refractivity contribution in [3.8, 4) is 5.75 Å². The second-order valence-electron chi connectivity index (χ2n) is 5.90. The summed E-state index contributed by atoms with van der Waals surface area (Å²) in [5, 5.41) is 0.345. The summed E-state index contributed by atoms with van der Waals surface area (Å²) in [6.07, 6.45) is -3.24. The molecule has 0 bridgehead atoms. The van der Waals surface area contributed by atoms with E-state index in [9.17, 15) is 18.0 Å². The number of alkyl halides is 3. The van der Waals surface area contributed by atoms with Gasteiger partial charge in [0.2, 0.25) is 5.91 Å². The lowest BCUT2D eigenvalue weighted by atomic mass is 10.1. The number of ether oxygens (including phenoxy) is 1. The number of methoxy groups -OCH3 is 1. The van der Waals surface area contributed by atoms with Crippen molar-refractivity contribution >= 4 is 22.4 Å². The van der Waals surface area contributed by atoms with Crippen molar-refractivity contribution in [1.82, 2.24) is 9.88 Å². The van der Waals surface area contributed by atoms with Crippen LogP contribution in [0.25, 0.3) is 0 Å². The third kappa shape index (κ3) is 4.27. The van der Waals surface area contributed by atoms with Crippen LogP contribution in [-0.4, -0.2) is 49.1 Å². The van der Waals surface area contributed by atoms with Gasteiger partial charge in [-0.1, -0.05) is 23.5 Å². The summed E-state index contributed by atoms with van der Waals surface area (Å²) in [6.45, 7) is 1.86. The van der Waals surface area contributed by atoms with Gasteiger partial charge in [-0.2, -0.15) is 13.2 Å². The summed E-state index contributed by atoms with van der Waals surface area (Å²) in [5.41, 5.74) is 0.867. The lowest BCUT2D eigenvalue weighted by molar-refractivity contribution is -0.134. The topological polar surface area (TPSA) is 45.7 Å². The van der Waals surface area contributed by atoms with Crippen molar-refractivity contribution in [3.63, 3.8) is 0 Å². The number of amides is 1. The molecular weight excluding hydrogens is 367 g/mol. The third-order valence-electron chi connectivity index (χ3n) is 4.17. The van der Waals surface area contributed by atoms with Gasteiger partial charge in [-0.3, -0.25) is 4.79 Å². The predicted octanol–water partition coefficient (Wildman–Crippen LogP) is 3.06. The molecule has 1 fully saturated rings. The van der Waals surface area contributed by atoms with E-state index in [-0.39, 0.29) is 12.3 Å². The number of hydrogen-bond acceptors (Lipinski definition) is 5. The van der Waals surface area contributed by atoms with E-state index in [0.29, 0.717) is 48.4 Å². The van der Waals surface area contributed by atoms with E-state index in [1.165, 1.54) is 0 Å². The van der Waals surface area contributed by atoms with Crippen molar-refractivity contribution in [1.29, 1.82) is 0 Å². The smallest absolute Gasteiger partial charge is 0.427 e. The molecule has 5 nitrogen and oxygen atoms in total. The van der Waals surface area contributed by atoms with Gasteiger partial charge in [-0.05, 0) is 17.7 Å². The van der Waals surface area contributed by atoms with Crippen LogP contribution in [0.2, 0.25) is 0 Å². The van der Waals surface area contributed by atoms with E-state index in [2.05, 4.69) is 4.98 Å². The number of hydrogen-bond donors (Lipinski definition) is 0. The minimum atomic E-state index is -4.37. The summed E-state index contributed by atoms with van der Waals surface area (Å²) in [6, 6.07) is 7.34. The monoisotopic (exact) mass is 385 g/mol. The fourth-order valence-corrected chi connectivity index (χ4v) is 3.59. The number of carbonyl (C=O) groups excluding carboxylic acids is 1. The molecule has 140 valence electrons. The molecule has 1 aromatic carbocycles. The number of piperazine rings is 1. The Morgan fingerprint density at radius 2 is 2.00 bits per heavy atom. The van der Waals surface area contributed by atoms with Gasteiger partial charge in [-0.15, -0.1) is 0 Å². The van der Waals surface area contributed by atoms with E-state index in [0.717, 1.165) is 11.8 Å². The molecule has 0 saturated carbocycles. The molecule has 0 aliphatic carbocycles. The molecule has 0 radical (unpaired) electrons. The Hall–Kier alpha value is -2.29. The van der Waals surface area contributed by atoms with Crippen LogP contribution in [0.15, 0.2) is 30.5 Å². The number of carbonyl (C=O) groups is 1. The summed E-state index contributed by atoms with van der Waals surface area (Å²) >= 11 is 0.635. The highest BCUT2D eigenvalue weighted by Gasteiger charge is 2.34. The van der Waals surface area contributed by atoms with Crippen LogP contribution in [0.5, 0.6) is 5.75 Å². The summed E-state index contributed by atoms with van der Waals surface area (Å²) in [5.74, 6) is 0.692. The largest absolute Gasteiger partial charge is 0.497 e. The van der Waals surface area contributed by atoms with Crippen molar-refractivity contribution in [2.45, 2.75) is 12.6 Å². The van der Waals surface area contributed by atoms with E-state index >= 15 is 0 Å². The number of benzene rings is 1. The quantitative estimate of drug-likeness (QED) is 0.812. The fraction of sp³-hybridized carbons (Fsp3) is 0.412. The first kappa shape index (κ1) is 18.5. The molecule has 26 heavy (non-hydrogen) atoms. The molecule has 1 saturated heterocycles. The van der Waals surface area contributed by atoms with Crippen LogP contribution in [0, 0.1) is 0 Å². The molecule has 1 aromatic heterocycles. The third-order valence-corrected chi connectivity index (χ3v) is 5.27. The molecule has 1 aliphatic rings. The average molecular weight is 385 g/mol. The lowest BCUT2D eigenvalue weighted by Crippen LogP contribution is -2.49. The number of anilines is 1. The molecule has 0 unspecified atom stereocenters. The Kier molecular flexibility index (Phi) is 5.36. The van der Waals surface area contributed by atoms with Crippen molar-refractivity contribution in [2.75, 3.05) is 38.2 Å². The number of aromatic nitrogens is 1. The Morgan fingerprint density at radius 1 is 1.27 bits per heavy atom.